The van der Waals surface area contributed by atoms with Gasteiger partial charge in [0.25, 0.3) is 17.7 Å². The van der Waals surface area contributed by atoms with Crippen LogP contribution in [0.2, 0.25) is 5.02 Å². The number of nitrogens with zero attached hydrogens (tertiary/aromatic N) is 7. The van der Waals surface area contributed by atoms with Crippen LogP contribution in [0.15, 0.2) is 42.5 Å². The largest absolute Gasteiger partial charge is 0.490 e. The highest BCUT2D eigenvalue weighted by molar-refractivity contribution is 6.31. The number of piperazine rings is 1. The second-order valence-electron chi connectivity index (χ2n) is 15.1. The fourth-order valence-electron chi connectivity index (χ4n) is 8.56. The number of anilines is 2. The van der Waals surface area contributed by atoms with Gasteiger partial charge in [0, 0.05) is 63.8 Å². The first-order valence-electron chi connectivity index (χ1n) is 19.4. The van der Waals surface area contributed by atoms with Crippen LogP contribution in [-0.2, 0) is 9.59 Å². The van der Waals surface area contributed by atoms with Gasteiger partial charge in [-0.05, 0) is 81.3 Å². The molecule has 5 aliphatic rings. The van der Waals surface area contributed by atoms with E-state index in [1.165, 1.54) is 6.07 Å². The van der Waals surface area contributed by atoms with Crippen LogP contribution in [0.25, 0.3) is 0 Å². The molecule has 296 valence electrons. The third-order valence-electron chi connectivity index (χ3n) is 11.7. The van der Waals surface area contributed by atoms with Crippen LogP contribution in [0.3, 0.4) is 0 Å². The van der Waals surface area contributed by atoms with Gasteiger partial charge in [0.15, 0.2) is 11.5 Å². The third kappa shape index (κ3) is 7.86. The van der Waals surface area contributed by atoms with E-state index in [0.29, 0.717) is 54.4 Å². The molecular formula is C40H41ClFN9O6. The normalized spacial score (nSPS) is 23.2. The van der Waals surface area contributed by atoms with Crippen molar-refractivity contribution in [3.63, 3.8) is 0 Å². The Labute approximate surface area is 333 Å². The van der Waals surface area contributed by atoms with Crippen LogP contribution in [-0.4, -0.2) is 113 Å². The van der Waals surface area contributed by atoms with E-state index in [0.717, 1.165) is 62.6 Å². The Morgan fingerprint density at radius 2 is 1.58 bits per heavy atom. The lowest BCUT2D eigenvalue weighted by atomic mass is 9.93. The predicted octanol–water partition coefficient (Wildman–Crippen LogP) is 3.45. The molecule has 57 heavy (non-hydrogen) atoms. The topological polar surface area (TPSA) is 181 Å². The predicted molar refractivity (Wildman–Crippen MR) is 204 cm³/mol. The number of carbonyl (C=O) groups is 5. The van der Waals surface area contributed by atoms with Crippen LogP contribution < -0.4 is 25.2 Å². The van der Waals surface area contributed by atoms with Crippen molar-refractivity contribution in [2.75, 3.05) is 49.1 Å². The standard InChI is InChI=1S/C40H41ClFN9O6/c41-30-19-27(4-1-23(30)22-43)57-26-5-2-24(3-6-26)44-37(53)32-7-9-35(47-46-32)50-13-11-25(12-14-50)48-15-17-49(18-16-48)34-21-29-28(20-31(34)42)39(55)51(40(29)56)33-8-10-36(52)45-38(33)54/h1,4,7,9,19-21,24-26,33H,2-3,5-6,8,10-18H2,(H,44,53)(H,45,52,54)/t24-,26-,33?. The summed E-state index contributed by atoms with van der Waals surface area (Å²) in [4.78, 5) is 70.7. The summed E-state index contributed by atoms with van der Waals surface area (Å²) < 4.78 is 21.5. The Morgan fingerprint density at radius 3 is 2.23 bits per heavy atom. The summed E-state index contributed by atoms with van der Waals surface area (Å²) in [5.41, 5.74) is 0.896. The van der Waals surface area contributed by atoms with Crippen LogP contribution in [0.5, 0.6) is 5.75 Å². The number of imide groups is 2. The number of nitrogens with one attached hydrogen (secondary N) is 2. The number of carbonyl (C=O) groups excluding carboxylic acids is 5. The van der Waals surface area contributed by atoms with Gasteiger partial charge in [-0.1, -0.05) is 11.6 Å². The molecule has 8 rings (SSSR count). The molecule has 0 spiro atoms. The van der Waals surface area contributed by atoms with E-state index in [1.54, 1.807) is 24.3 Å². The zero-order valence-electron chi connectivity index (χ0n) is 31.1. The van der Waals surface area contributed by atoms with Gasteiger partial charge in [-0.2, -0.15) is 5.26 Å². The maximum absolute atomic E-state index is 15.4. The first-order chi connectivity index (χ1) is 27.6. The number of aromatic nitrogens is 2. The van der Waals surface area contributed by atoms with E-state index in [2.05, 4.69) is 30.6 Å². The first-order valence-corrected chi connectivity index (χ1v) is 19.7. The quantitative estimate of drug-likeness (QED) is 0.318. The van der Waals surface area contributed by atoms with Crippen molar-refractivity contribution in [2.24, 2.45) is 0 Å². The van der Waals surface area contributed by atoms with Gasteiger partial charge >= 0.3 is 0 Å². The number of nitriles is 1. The molecule has 2 N–H and O–H groups in total. The maximum Gasteiger partial charge on any atom is 0.272 e. The lowest BCUT2D eigenvalue weighted by Gasteiger charge is -2.43. The van der Waals surface area contributed by atoms with Crippen molar-refractivity contribution in [3.05, 3.63) is 75.7 Å². The molecule has 15 nitrogen and oxygen atoms in total. The number of amides is 5. The summed E-state index contributed by atoms with van der Waals surface area (Å²) in [6, 6.07) is 12.4. The lowest BCUT2D eigenvalue weighted by Crippen LogP contribution is -2.54. The molecule has 0 radical (unpaired) electrons. The number of piperidine rings is 2. The minimum Gasteiger partial charge on any atom is -0.490 e. The summed E-state index contributed by atoms with van der Waals surface area (Å²) in [5, 5.41) is 23.3. The van der Waals surface area contributed by atoms with Crippen molar-refractivity contribution >= 4 is 52.6 Å². The van der Waals surface area contributed by atoms with Gasteiger partial charge in [0.05, 0.1) is 33.5 Å². The van der Waals surface area contributed by atoms with Gasteiger partial charge in [0.1, 0.15) is 23.7 Å². The summed E-state index contributed by atoms with van der Waals surface area (Å²) >= 11 is 6.14. The van der Waals surface area contributed by atoms with E-state index in [-0.39, 0.29) is 53.4 Å². The van der Waals surface area contributed by atoms with Gasteiger partial charge in [-0.15, -0.1) is 10.2 Å². The van der Waals surface area contributed by atoms with Crippen LogP contribution in [0.4, 0.5) is 15.9 Å². The van der Waals surface area contributed by atoms with Crippen LogP contribution in [0, 0.1) is 17.1 Å². The van der Waals surface area contributed by atoms with Crippen LogP contribution >= 0.6 is 11.6 Å². The molecule has 1 aromatic heterocycles. The molecule has 3 aromatic rings. The molecule has 17 heteroatoms. The molecule has 1 aliphatic carbocycles. The number of ether oxygens (including phenoxy) is 1. The number of fused-ring (bicyclic) bond motifs is 1. The van der Waals surface area contributed by atoms with Crippen molar-refractivity contribution in [3.8, 4) is 11.8 Å². The number of rotatable bonds is 8. The molecule has 2 aromatic carbocycles. The molecule has 1 atom stereocenters. The SMILES string of the molecule is N#Cc1ccc(O[C@H]2CC[C@H](NC(=O)c3ccc(N4CCC(N5CCN(c6cc7c(cc6F)C(=O)N(C6CCC(=O)NC6=O)C7=O)CC5)CC4)nn3)CC2)cc1Cl. The molecule has 1 unspecified atom stereocenters. The average molecular weight is 798 g/mol. The van der Waals surface area contributed by atoms with Gasteiger partial charge in [0.2, 0.25) is 11.8 Å². The highest BCUT2D eigenvalue weighted by Crippen LogP contribution is 2.34. The Morgan fingerprint density at radius 1 is 0.860 bits per heavy atom. The van der Waals surface area contributed by atoms with Crippen molar-refractivity contribution in [1.82, 2.24) is 30.6 Å². The average Bonchev–Trinajstić information content (AvgIpc) is 3.45. The molecule has 4 aliphatic heterocycles. The van der Waals surface area contributed by atoms with E-state index in [9.17, 15) is 24.0 Å². The zero-order valence-corrected chi connectivity index (χ0v) is 31.8. The van der Waals surface area contributed by atoms with Gasteiger partial charge < -0.3 is 19.9 Å². The molecular weight excluding hydrogens is 757 g/mol. The zero-order chi connectivity index (χ0) is 39.8. The number of hydrogen-bond donors (Lipinski definition) is 2. The molecule has 5 heterocycles. The first kappa shape index (κ1) is 38.2. The van der Waals surface area contributed by atoms with E-state index in [1.807, 2.05) is 17.0 Å². The molecule has 4 fully saturated rings. The monoisotopic (exact) mass is 797 g/mol. The Bertz CT molecular complexity index is 2140. The molecule has 5 amide bonds. The highest BCUT2D eigenvalue weighted by Gasteiger charge is 2.45. The van der Waals surface area contributed by atoms with E-state index < -0.39 is 35.5 Å². The van der Waals surface area contributed by atoms with Crippen LogP contribution in [0.1, 0.15) is 88.1 Å². The second-order valence-corrected chi connectivity index (χ2v) is 15.5. The van der Waals surface area contributed by atoms with E-state index >= 15 is 4.39 Å². The van der Waals surface area contributed by atoms with Crippen molar-refractivity contribution < 1.29 is 33.1 Å². The summed E-state index contributed by atoms with van der Waals surface area (Å²) in [6.45, 7) is 4.00. The van der Waals surface area contributed by atoms with Gasteiger partial charge in [-0.3, -0.25) is 39.1 Å². The summed E-state index contributed by atoms with van der Waals surface area (Å²) in [6.07, 6.45) is 4.90. The molecule has 1 saturated carbocycles. The van der Waals surface area contributed by atoms with E-state index in [4.69, 9.17) is 21.6 Å². The fourth-order valence-corrected chi connectivity index (χ4v) is 8.77. The minimum atomic E-state index is -1.11. The number of benzene rings is 2. The number of halogens is 2. The summed E-state index contributed by atoms with van der Waals surface area (Å²) in [7, 11) is 0. The molecule has 0 bridgehead atoms. The van der Waals surface area contributed by atoms with Crippen molar-refractivity contribution in [2.45, 2.75) is 75.6 Å². The minimum absolute atomic E-state index is 0.0000679. The lowest BCUT2D eigenvalue weighted by molar-refractivity contribution is -0.136. The van der Waals surface area contributed by atoms with Gasteiger partial charge in [-0.25, -0.2) is 4.39 Å². The molecule has 3 saturated heterocycles. The second kappa shape index (κ2) is 16.1. The Balaban J connectivity index is 0.784. The fraction of sp³-hybridized carbons (Fsp3) is 0.450. The van der Waals surface area contributed by atoms with Crippen molar-refractivity contribution in [1.29, 1.82) is 5.26 Å². The highest BCUT2D eigenvalue weighted by atomic mass is 35.5. The number of hydrogen-bond acceptors (Lipinski definition) is 12. The smallest absolute Gasteiger partial charge is 0.272 e. The summed E-state index contributed by atoms with van der Waals surface area (Å²) in [5.74, 6) is -2.08. The Hall–Kier alpha value is -5.66. The maximum atomic E-state index is 15.4. The Kier molecular flexibility index (Phi) is 10.8. The third-order valence-corrected chi connectivity index (χ3v) is 12.0.